The molecule has 1 aromatic heterocycles. The van der Waals surface area contributed by atoms with Crippen molar-refractivity contribution in [2.45, 2.75) is 18.9 Å². The topological polar surface area (TPSA) is 59.0 Å². The largest absolute Gasteiger partial charge is 0.351 e. The molecule has 0 radical (unpaired) electrons. The molecule has 0 spiro atoms. The molecule has 2 rings (SSSR count). The number of hydrogen-bond donors (Lipinski definition) is 2. The van der Waals surface area contributed by atoms with Crippen LogP contribution in [0, 0.1) is 0 Å². The molecule has 0 unspecified atom stereocenters. The zero-order valence-electron chi connectivity index (χ0n) is 9.27. The molecule has 0 atom stereocenters. The van der Waals surface area contributed by atoms with Crippen LogP contribution in [0.4, 0.5) is 0 Å². The second kappa shape index (κ2) is 5.86. The fraction of sp³-hybridized carbons (Fsp3) is 0.600. The molecule has 5 nitrogen and oxygen atoms in total. The number of nitrogens with zero attached hydrogens (tertiary/aromatic N) is 2. The van der Waals surface area contributed by atoms with Crippen molar-refractivity contribution in [3.8, 4) is 0 Å². The summed E-state index contributed by atoms with van der Waals surface area (Å²) in [5.74, 6) is -0.0549. The third-order valence-corrected chi connectivity index (χ3v) is 2.39. The maximum absolute atomic E-state index is 11.5. The Hall–Kier alpha value is -1.07. The van der Waals surface area contributed by atoms with Crippen LogP contribution >= 0.6 is 12.4 Å². The number of carbonyl (C=O) groups is 1. The lowest BCUT2D eigenvalue weighted by Crippen LogP contribution is -2.32. The monoisotopic (exact) mass is 244 g/mol. The summed E-state index contributed by atoms with van der Waals surface area (Å²) in [5.41, 5.74) is 0.615. The first-order valence-corrected chi connectivity index (χ1v) is 5.26. The van der Waals surface area contributed by atoms with E-state index in [0.29, 0.717) is 18.2 Å². The summed E-state index contributed by atoms with van der Waals surface area (Å²) in [6, 6.07) is 0.695. The van der Waals surface area contributed by atoms with Crippen molar-refractivity contribution in [2.24, 2.45) is 7.05 Å². The number of nitrogens with one attached hydrogen (secondary N) is 2. The van der Waals surface area contributed by atoms with E-state index in [9.17, 15) is 4.79 Å². The minimum absolute atomic E-state index is 0. The molecule has 1 fully saturated rings. The van der Waals surface area contributed by atoms with E-state index < -0.39 is 0 Å². The van der Waals surface area contributed by atoms with Crippen molar-refractivity contribution in [3.05, 3.63) is 18.0 Å². The van der Waals surface area contributed by atoms with Crippen LogP contribution in [0.25, 0.3) is 0 Å². The third kappa shape index (κ3) is 3.83. The first kappa shape index (κ1) is 13.0. The summed E-state index contributed by atoms with van der Waals surface area (Å²) in [7, 11) is 1.80. The van der Waals surface area contributed by atoms with Gasteiger partial charge in [-0.3, -0.25) is 9.48 Å². The molecule has 2 N–H and O–H groups in total. The molecule has 0 aliphatic heterocycles. The van der Waals surface area contributed by atoms with Crippen molar-refractivity contribution in [1.29, 1.82) is 0 Å². The fourth-order valence-electron chi connectivity index (χ4n) is 1.38. The van der Waals surface area contributed by atoms with Gasteiger partial charge in [0.15, 0.2) is 0 Å². The van der Waals surface area contributed by atoms with Gasteiger partial charge in [0.05, 0.1) is 11.8 Å². The summed E-state index contributed by atoms with van der Waals surface area (Å²) in [6.45, 7) is 1.51. The van der Waals surface area contributed by atoms with E-state index >= 15 is 0 Å². The number of amides is 1. The molecule has 0 aromatic carbocycles. The number of halogens is 1. The van der Waals surface area contributed by atoms with Gasteiger partial charge in [-0.15, -0.1) is 12.4 Å². The van der Waals surface area contributed by atoms with Gasteiger partial charge in [-0.2, -0.15) is 5.10 Å². The van der Waals surface area contributed by atoms with Gasteiger partial charge >= 0.3 is 0 Å². The molecule has 1 amide bonds. The van der Waals surface area contributed by atoms with Crippen molar-refractivity contribution < 1.29 is 4.79 Å². The van der Waals surface area contributed by atoms with E-state index in [4.69, 9.17) is 0 Å². The molecule has 1 saturated carbocycles. The van der Waals surface area contributed by atoms with Crippen molar-refractivity contribution >= 4 is 18.3 Å². The van der Waals surface area contributed by atoms with Crippen molar-refractivity contribution in [3.63, 3.8) is 0 Å². The summed E-state index contributed by atoms with van der Waals surface area (Å²) >= 11 is 0. The molecule has 1 heterocycles. The highest BCUT2D eigenvalue weighted by Crippen LogP contribution is 2.17. The van der Waals surface area contributed by atoms with Crippen LogP contribution in [0.3, 0.4) is 0 Å². The highest BCUT2D eigenvalue weighted by Gasteiger charge is 2.19. The molecular formula is C10H17ClN4O. The van der Waals surface area contributed by atoms with Crippen LogP contribution < -0.4 is 10.6 Å². The summed E-state index contributed by atoms with van der Waals surface area (Å²) in [5, 5.41) is 10.1. The maximum Gasteiger partial charge on any atom is 0.254 e. The van der Waals surface area contributed by atoms with Gasteiger partial charge in [0.2, 0.25) is 0 Å². The first-order chi connectivity index (χ1) is 7.25. The highest BCUT2D eigenvalue weighted by molar-refractivity contribution is 5.93. The second-order valence-electron chi connectivity index (χ2n) is 3.89. The lowest BCUT2D eigenvalue weighted by molar-refractivity contribution is 0.0954. The predicted octanol–water partition coefficient (Wildman–Crippen LogP) is 0.324. The van der Waals surface area contributed by atoms with E-state index in [1.165, 1.54) is 12.8 Å². The number of rotatable bonds is 5. The van der Waals surface area contributed by atoms with Crippen LogP contribution in [0.2, 0.25) is 0 Å². The molecule has 90 valence electrons. The Labute approximate surface area is 101 Å². The normalized spacial score (nSPS) is 14.3. The molecule has 6 heteroatoms. The van der Waals surface area contributed by atoms with Gasteiger partial charge in [-0.1, -0.05) is 0 Å². The minimum Gasteiger partial charge on any atom is -0.351 e. The Morgan fingerprint density at radius 1 is 1.56 bits per heavy atom. The molecule has 1 aliphatic rings. The molecule has 0 bridgehead atoms. The van der Waals surface area contributed by atoms with Crippen LogP contribution in [0.5, 0.6) is 0 Å². The van der Waals surface area contributed by atoms with Gasteiger partial charge in [-0.05, 0) is 12.8 Å². The highest BCUT2D eigenvalue weighted by atomic mass is 35.5. The zero-order chi connectivity index (χ0) is 10.7. The van der Waals surface area contributed by atoms with Gasteiger partial charge < -0.3 is 10.6 Å². The van der Waals surface area contributed by atoms with E-state index in [2.05, 4.69) is 15.7 Å². The molecule has 1 aromatic rings. The van der Waals surface area contributed by atoms with E-state index in [1.54, 1.807) is 24.1 Å². The van der Waals surface area contributed by atoms with E-state index in [1.807, 2.05) is 0 Å². The number of hydrogen-bond acceptors (Lipinski definition) is 3. The van der Waals surface area contributed by atoms with Crippen LogP contribution in [0.15, 0.2) is 12.4 Å². The van der Waals surface area contributed by atoms with Crippen LogP contribution in [-0.4, -0.2) is 34.8 Å². The number of aryl methyl sites for hydroxylation is 1. The standard InChI is InChI=1S/C10H16N4O.ClH/c1-14-7-8(6-13-14)10(15)12-5-4-11-9-2-3-9;/h6-7,9,11H,2-5H2,1H3,(H,12,15);1H. The SMILES string of the molecule is Cl.Cn1cc(C(=O)NCCNC2CC2)cn1. The minimum atomic E-state index is -0.0549. The second-order valence-corrected chi connectivity index (χ2v) is 3.89. The van der Waals surface area contributed by atoms with Crippen LogP contribution in [-0.2, 0) is 7.05 Å². The number of carbonyl (C=O) groups excluding carboxylic acids is 1. The first-order valence-electron chi connectivity index (χ1n) is 5.26. The summed E-state index contributed by atoms with van der Waals surface area (Å²) in [4.78, 5) is 11.5. The lowest BCUT2D eigenvalue weighted by atomic mass is 10.3. The number of aromatic nitrogens is 2. The quantitative estimate of drug-likeness (QED) is 0.734. The maximum atomic E-state index is 11.5. The van der Waals surface area contributed by atoms with Gasteiger partial charge in [-0.25, -0.2) is 0 Å². The van der Waals surface area contributed by atoms with E-state index in [-0.39, 0.29) is 18.3 Å². The van der Waals surface area contributed by atoms with Gasteiger partial charge in [0, 0.05) is 32.4 Å². The fourth-order valence-corrected chi connectivity index (χ4v) is 1.38. The van der Waals surface area contributed by atoms with E-state index in [0.717, 1.165) is 6.54 Å². The Morgan fingerprint density at radius 2 is 2.31 bits per heavy atom. The van der Waals surface area contributed by atoms with Gasteiger partial charge in [0.1, 0.15) is 0 Å². The van der Waals surface area contributed by atoms with Crippen molar-refractivity contribution in [2.75, 3.05) is 13.1 Å². The molecule has 1 aliphatic carbocycles. The summed E-state index contributed by atoms with van der Waals surface area (Å²) in [6.07, 6.45) is 5.83. The summed E-state index contributed by atoms with van der Waals surface area (Å²) < 4.78 is 1.62. The third-order valence-electron chi connectivity index (χ3n) is 2.39. The van der Waals surface area contributed by atoms with Crippen molar-refractivity contribution in [1.82, 2.24) is 20.4 Å². The average Bonchev–Trinajstić information content (AvgIpc) is 2.94. The Bertz CT molecular complexity index is 348. The zero-order valence-corrected chi connectivity index (χ0v) is 10.1. The molecule has 16 heavy (non-hydrogen) atoms. The lowest BCUT2D eigenvalue weighted by Gasteiger charge is -2.04. The Balaban J connectivity index is 0.00000128. The smallest absolute Gasteiger partial charge is 0.254 e. The average molecular weight is 245 g/mol. The Morgan fingerprint density at radius 3 is 2.88 bits per heavy atom. The predicted molar refractivity (Wildman–Crippen MR) is 63.8 cm³/mol. The Kier molecular flexibility index (Phi) is 4.76. The van der Waals surface area contributed by atoms with Crippen LogP contribution in [0.1, 0.15) is 23.2 Å². The molecule has 0 saturated heterocycles. The molecular weight excluding hydrogens is 228 g/mol. The van der Waals surface area contributed by atoms with Gasteiger partial charge in [0.25, 0.3) is 5.91 Å².